The molecule has 0 spiro atoms. The van der Waals surface area contributed by atoms with Crippen LogP contribution in [0.3, 0.4) is 0 Å². The van der Waals surface area contributed by atoms with Crippen LogP contribution in [0.4, 0.5) is 24.9 Å². The van der Waals surface area contributed by atoms with Crippen molar-refractivity contribution in [2.24, 2.45) is 5.92 Å². The van der Waals surface area contributed by atoms with Crippen LogP contribution in [0.5, 0.6) is 0 Å². The lowest BCUT2D eigenvalue weighted by molar-refractivity contribution is -0.192. The lowest BCUT2D eigenvalue weighted by Gasteiger charge is -2.33. The topological polar surface area (TPSA) is 153 Å². The van der Waals surface area contributed by atoms with E-state index >= 15 is 0 Å². The highest BCUT2D eigenvalue weighted by molar-refractivity contribution is 5.77. The molecule has 44 heavy (non-hydrogen) atoms. The summed E-state index contributed by atoms with van der Waals surface area (Å²) in [5.74, 6) is -1.76. The van der Waals surface area contributed by atoms with Gasteiger partial charge in [-0.05, 0) is 50.3 Å². The third kappa shape index (κ3) is 8.14. The van der Waals surface area contributed by atoms with Crippen molar-refractivity contribution in [1.82, 2.24) is 19.5 Å². The minimum Gasteiger partial charge on any atom is -0.481 e. The molecule has 0 bridgehead atoms. The number of H-pyrrole nitrogens is 1. The molecule has 1 aliphatic rings. The predicted octanol–water partition coefficient (Wildman–Crippen LogP) is 4.76. The van der Waals surface area contributed by atoms with Crippen molar-refractivity contribution in [2.45, 2.75) is 45.3 Å². The molecular formula is C30H33F3N6O5. The number of para-hydroxylation sites is 2. The molecule has 0 radical (unpaired) electrons. The van der Waals surface area contributed by atoms with E-state index in [0.29, 0.717) is 11.7 Å². The molecular weight excluding hydrogens is 581 g/mol. The van der Waals surface area contributed by atoms with Crippen molar-refractivity contribution < 1.29 is 33.0 Å². The average molecular weight is 615 g/mol. The normalized spacial score (nSPS) is 14.5. The van der Waals surface area contributed by atoms with Gasteiger partial charge in [0.25, 0.3) is 0 Å². The third-order valence-corrected chi connectivity index (χ3v) is 7.38. The van der Waals surface area contributed by atoms with Gasteiger partial charge in [-0.3, -0.25) is 9.36 Å². The fourth-order valence-corrected chi connectivity index (χ4v) is 5.06. The highest BCUT2D eigenvalue weighted by Gasteiger charge is 2.38. The predicted molar refractivity (Wildman–Crippen MR) is 158 cm³/mol. The summed E-state index contributed by atoms with van der Waals surface area (Å²) in [6.07, 6.45) is -1.56. The maximum Gasteiger partial charge on any atom is 0.490 e. The first-order valence-electron chi connectivity index (χ1n) is 13.9. The number of rotatable bonds is 8. The van der Waals surface area contributed by atoms with E-state index in [1.807, 2.05) is 62.4 Å². The van der Waals surface area contributed by atoms with Gasteiger partial charge in [0.2, 0.25) is 5.95 Å². The van der Waals surface area contributed by atoms with E-state index in [9.17, 15) is 27.9 Å². The van der Waals surface area contributed by atoms with Crippen LogP contribution >= 0.6 is 0 Å². The Morgan fingerprint density at radius 3 is 2.27 bits per heavy atom. The third-order valence-electron chi connectivity index (χ3n) is 7.38. The second-order valence-electron chi connectivity index (χ2n) is 10.7. The van der Waals surface area contributed by atoms with Gasteiger partial charge >= 0.3 is 23.8 Å². The van der Waals surface area contributed by atoms with Crippen LogP contribution in [-0.4, -0.2) is 67.5 Å². The fraction of sp³-hybridized carbons (Fsp3) is 0.367. The largest absolute Gasteiger partial charge is 0.490 e. The molecule has 14 heteroatoms. The van der Waals surface area contributed by atoms with Gasteiger partial charge in [-0.1, -0.05) is 42.0 Å². The monoisotopic (exact) mass is 614 g/mol. The highest BCUT2D eigenvalue weighted by atomic mass is 19.4. The van der Waals surface area contributed by atoms with Crippen LogP contribution in [0, 0.1) is 19.8 Å². The highest BCUT2D eigenvalue weighted by Crippen LogP contribution is 2.27. The number of fused-ring (bicyclic) bond motifs is 1. The number of aromatic amines is 1. The number of halogens is 3. The summed E-state index contributed by atoms with van der Waals surface area (Å²) in [5, 5.41) is 20.1. The van der Waals surface area contributed by atoms with E-state index in [1.54, 1.807) is 6.20 Å². The van der Waals surface area contributed by atoms with Gasteiger partial charge in [0.1, 0.15) is 5.82 Å². The number of imidazole rings is 1. The SMILES string of the molecule is Cc1ccc(C(CC(=O)O)n2cc(C)c(N3CCC(CNc4nc5ccccc5[nH]4)CC3)nc2=O)cc1.O=C(O)C(F)(F)F. The molecule has 5 rings (SSSR count). The zero-order chi connectivity index (χ0) is 32.0. The number of hydrogen-bond acceptors (Lipinski definition) is 7. The maximum absolute atomic E-state index is 13.1. The molecule has 1 unspecified atom stereocenters. The molecule has 0 amide bonds. The number of aliphatic carboxylic acids is 2. The molecule has 1 aliphatic heterocycles. The number of aryl methyl sites for hydroxylation is 2. The Morgan fingerprint density at radius 2 is 1.68 bits per heavy atom. The number of carboxylic acid groups (broad SMARTS) is 2. The summed E-state index contributed by atoms with van der Waals surface area (Å²) >= 11 is 0. The minimum absolute atomic E-state index is 0.187. The number of piperidine rings is 1. The summed E-state index contributed by atoms with van der Waals surface area (Å²) in [4.78, 5) is 48.1. The average Bonchev–Trinajstić information content (AvgIpc) is 3.40. The number of nitrogens with zero attached hydrogens (tertiary/aromatic N) is 4. The van der Waals surface area contributed by atoms with Crippen LogP contribution in [0.25, 0.3) is 11.0 Å². The molecule has 0 aliphatic carbocycles. The number of anilines is 2. The van der Waals surface area contributed by atoms with Crippen molar-refractivity contribution >= 4 is 34.7 Å². The zero-order valence-electron chi connectivity index (χ0n) is 24.1. The number of aromatic nitrogens is 4. The quantitative estimate of drug-likeness (QED) is 0.220. The van der Waals surface area contributed by atoms with Crippen molar-refractivity contribution in [3.05, 3.63) is 81.9 Å². The summed E-state index contributed by atoms with van der Waals surface area (Å²) in [6, 6.07) is 15.0. The van der Waals surface area contributed by atoms with E-state index < -0.39 is 29.8 Å². The van der Waals surface area contributed by atoms with Crippen molar-refractivity contribution in [1.29, 1.82) is 0 Å². The van der Waals surface area contributed by atoms with Crippen molar-refractivity contribution in [3.8, 4) is 0 Å². The van der Waals surface area contributed by atoms with Gasteiger partial charge < -0.3 is 25.4 Å². The van der Waals surface area contributed by atoms with Crippen molar-refractivity contribution in [2.75, 3.05) is 29.9 Å². The number of hydrogen-bond donors (Lipinski definition) is 4. The number of carboxylic acids is 2. The molecule has 234 valence electrons. The smallest absolute Gasteiger partial charge is 0.481 e. The van der Waals surface area contributed by atoms with E-state index in [1.165, 1.54) is 4.57 Å². The molecule has 11 nitrogen and oxygen atoms in total. The van der Waals surface area contributed by atoms with E-state index in [0.717, 1.165) is 66.1 Å². The number of nitrogens with one attached hydrogen (secondary N) is 2. The van der Waals surface area contributed by atoms with E-state index in [-0.39, 0.29) is 6.42 Å². The van der Waals surface area contributed by atoms with Gasteiger partial charge in [0.15, 0.2) is 0 Å². The summed E-state index contributed by atoms with van der Waals surface area (Å²) < 4.78 is 33.2. The van der Waals surface area contributed by atoms with Gasteiger partial charge in [-0.15, -0.1) is 0 Å². The summed E-state index contributed by atoms with van der Waals surface area (Å²) in [6.45, 7) is 6.34. The van der Waals surface area contributed by atoms with Crippen LogP contribution in [0.2, 0.25) is 0 Å². The van der Waals surface area contributed by atoms with Gasteiger partial charge in [-0.25, -0.2) is 14.6 Å². The maximum atomic E-state index is 13.1. The first kappa shape index (κ1) is 32.0. The van der Waals surface area contributed by atoms with Gasteiger partial charge in [-0.2, -0.15) is 18.2 Å². The molecule has 4 aromatic rings. The Hall–Kier alpha value is -4.88. The number of carbonyl (C=O) groups is 2. The van der Waals surface area contributed by atoms with Crippen LogP contribution < -0.4 is 15.9 Å². The van der Waals surface area contributed by atoms with Gasteiger partial charge in [0.05, 0.1) is 23.5 Å². The standard InChI is InChI=1S/C28H32N6O3.C2HF3O2/c1-18-7-9-21(10-8-18)24(15-25(35)36)34-17-19(2)26(32-28(34)37)33-13-11-20(12-14-33)16-29-27-30-22-5-3-4-6-23(22)31-27;3-2(4,5)1(6)7/h3-10,17,20,24H,11-16H2,1-2H3,(H,35,36)(H2,29,30,31);(H,6,7). The molecule has 0 saturated carbocycles. The molecule has 1 fully saturated rings. The number of alkyl halides is 3. The molecule has 4 N–H and O–H groups in total. The molecule has 2 aromatic heterocycles. The first-order valence-corrected chi connectivity index (χ1v) is 13.9. The Morgan fingerprint density at radius 1 is 1.05 bits per heavy atom. The molecule has 1 atom stereocenters. The fourth-order valence-electron chi connectivity index (χ4n) is 5.06. The summed E-state index contributed by atoms with van der Waals surface area (Å²) in [5.41, 5.74) is 4.25. The first-order chi connectivity index (χ1) is 20.8. The van der Waals surface area contributed by atoms with E-state index in [4.69, 9.17) is 9.90 Å². The summed E-state index contributed by atoms with van der Waals surface area (Å²) in [7, 11) is 0. The molecule has 1 saturated heterocycles. The molecule has 2 aromatic carbocycles. The minimum atomic E-state index is -5.08. The zero-order valence-corrected chi connectivity index (χ0v) is 24.1. The van der Waals surface area contributed by atoms with Crippen LogP contribution in [0.15, 0.2) is 59.5 Å². The lowest BCUT2D eigenvalue weighted by Crippen LogP contribution is -2.39. The lowest BCUT2D eigenvalue weighted by atomic mass is 9.96. The Labute approximate surface area is 250 Å². The van der Waals surface area contributed by atoms with E-state index in [2.05, 4.69) is 25.2 Å². The second kappa shape index (κ2) is 13.6. The second-order valence-corrected chi connectivity index (χ2v) is 10.7. The van der Waals surface area contributed by atoms with Crippen molar-refractivity contribution in [3.63, 3.8) is 0 Å². The van der Waals surface area contributed by atoms with Gasteiger partial charge in [0, 0.05) is 31.4 Å². The van der Waals surface area contributed by atoms with Crippen LogP contribution in [-0.2, 0) is 9.59 Å². The Balaban J connectivity index is 0.000000566. The van der Waals surface area contributed by atoms with Crippen LogP contribution in [0.1, 0.15) is 42.0 Å². The Bertz CT molecular complexity index is 1630. The number of benzene rings is 2. The Kier molecular flexibility index (Phi) is 9.91. The molecule has 3 heterocycles.